The summed E-state index contributed by atoms with van der Waals surface area (Å²) in [6.07, 6.45) is -1.48. The highest BCUT2D eigenvalue weighted by molar-refractivity contribution is 5.94. The second kappa shape index (κ2) is 6.55. The van der Waals surface area contributed by atoms with E-state index in [-0.39, 0.29) is 6.61 Å². The molecule has 21 heavy (non-hydrogen) atoms. The van der Waals surface area contributed by atoms with Crippen molar-refractivity contribution in [2.24, 2.45) is 0 Å². The minimum absolute atomic E-state index is 0.105. The van der Waals surface area contributed by atoms with Crippen LogP contribution >= 0.6 is 0 Å². The van der Waals surface area contributed by atoms with Crippen molar-refractivity contribution in [3.63, 3.8) is 0 Å². The molecule has 7 heteroatoms. The van der Waals surface area contributed by atoms with E-state index in [0.29, 0.717) is 6.61 Å². The number of carbonyl (C=O) groups is 2. The first-order valence-electron chi connectivity index (χ1n) is 6.59. The van der Waals surface area contributed by atoms with Gasteiger partial charge in [0.2, 0.25) is 0 Å². The van der Waals surface area contributed by atoms with Crippen molar-refractivity contribution in [1.29, 1.82) is 0 Å². The summed E-state index contributed by atoms with van der Waals surface area (Å²) in [6.45, 7) is 2.25. The Bertz CT molecular complexity index is 507. The number of hydrogen-bond acceptors (Lipinski definition) is 5. The fraction of sp³-hybridized carbons (Fsp3) is 0.429. The van der Waals surface area contributed by atoms with Gasteiger partial charge in [-0.25, -0.2) is 4.79 Å². The van der Waals surface area contributed by atoms with Crippen LogP contribution in [0.5, 0.6) is 0 Å². The molecule has 1 aromatic rings. The summed E-state index contributed by atoms with van der Waals surface area (Å²) in [5.41, 5.74) is -0.692. The summed E-state index contributed by atoms with van der Waals surface area (Å²) in [4.78, 5) is 23.5. The van der Waals surface area contributed by atoms with Gasteiger partial charge in [-0.05, 0) is 12.5 Å². The molecule has 2 atom stereocenters. The van der Waals surface area contributed by atoms with E-state index in [9.17, 15) is 9.59 Å². The number of hydrogen-bond donors (Lipinski definition) is 2. The Morgan fingerprint density at radius 3 is 2.67 bits per heavy atom. The quantitative estimate of drug-likeness (QED) is 0.597. The van der Waals surface area contributed by atoms with E-state index in [0.717, 1.165) is 5.56 Å². The first kappa shape index (κ1) is 15.3. The molecule has 0 aliphatic carbocycles. The van der Waals surface area contributed by atoms with Crippen LogP contribution in [0.15, 0.2) is 30.3 Å². The van der Waals surface area contributed by atoms with Gasteiger partial charge in [-0.1, -0.05) is 30.3 Å². The summed E-state index contributed by atoms with van der Waals surface area (Å²) in [6, 6.07) is 9.22. The largest absolute Gasteiger partial charge is 0.445 e. The van der Waals surface area contributed by atoms with Gasteiger partial charge >= 0.3 is 6.09 Å². The molecule has 2 N–H and O–H groups in total. The maximum absolute atomic E-state index is 11.8. The smallest absolute Gasteiger partial charge is 0.410 e. The second-order valence-electron chi connectivity index (χ2n) is 4.44. The molecule has 2 amide bonds. The zero-order valence-corrected chi connectivity index (χ0v) is 11.9. The highest BCUT2D eigenvalue weighted by Crippen LogP contribution is 2.23. The average molecular weight is 294 g/mol. The van der Waals surface area contributed by atoms with E-state index in [4.69, 9.17) is 14.2 Å². The molecule has 0 aromatic heterocycles. The lowest BCUT2D eigenvalue weighted by atomic mass is 10.0. The fourth-order valence-corrected chi connectivity index (χ4v) is 1.98. The third-order valence-electron chi connectivity index (χ3n) is 3.12. The minimum atomic E-state index is -1.54. The topological polar surface area (TPSA) is 85.9 Å². The molecule has 1 aliphatic rings. The minimum Gasteiger partial charge on any atom is -0.445 e. The van der Waals surface area contributed by atoms with Gasteiger partial charge in [-0.2, -0.15) is 0 Å². The fourth-order valence-electron chi connectivity index (χ4n) is 1.98. The molecule has 2 rings (SSSR count). The Balaban J connectivity index is 1.92. The van der Waals surface area contributed by atoms with E-state index in [1.54, 1.807) is 6.92 Å². The molecular formula is C14H18N2O5. The highest BCUT2D eigenvalue weighted by Gasteiger charge is 2.59. The van der Waals surface area contributed by atoms with E-state index in [1.165, 1.54) is 7.11 Å². The third-order valence-corrected chi connectivity index (χ3v) is 3.12. The maximum atomic E-state index is 11.8. The predicted molar refractivity (Wildman–Crippen MR) is 73.1 cm³/mol. The average Bonchev–Trinajstić information content (AvgIpc) is 2.51. The van der Waals surface area contributed by atoms with Crippen molar-refractivity contribution in [2.45, 2.75) is 25.5 Å². The summed E-state index contributed by atoms with van der Waals surface area (Å²) in [7, 11) is 1.32. The summed E-state index contributed by atoms with van der Waals surface area (Å²) >= 11 is 0. The van der Waals surface area contributed by atoms with Crippen LogP contribution in [0.3, 0.4) is 0 Å². The number of amides is 2. The van der Waals surface area contributed by atoms with Gasteiger partial charge in [0.25, 0.3) is 11.6 Å². The van der Waals surface area contributed by atoms with Crippen molar-refractivity contribution in [1.82, 2.24) is 10.6 Å². The number of carbonyl (C=O) groups excluding carboxylic acids is 2. The van der Waals surface area contributed by atoms with Crippen LogP contribution in [0, 0.1) is 0 Å². The standard InChI is InChI=1S/C14H18N2O5/c1-3-20-12-14(19-2,11(17)15-12)16-13(18)21-9-10-7-5-4-6-8-10/h4-8,12H,3,9H2,1-2H3,(H,15,17)(H,16,18)/t12-,14-/m1/s1. The molecule has 0 saturated carbocycles. The third kappa shape index (κ3) is 3.14. The van der Waals surface area contributed by atoms with E-state index >= 15 is 0 Å². The SMILES string of the molecule is CCO[C@H]1NC(=O)[C@@]1(NC(=O)OCc1ccccc1)OC. The monoisotopic (exact) mass is 294 g/mol. The number of alkyl carbamates (subject to hydrolysis) is 1. The molecule has 1 aliphatic heterocycles. The Morgan fingerprint density at radius 2 is 2.10 bits per heavy atom. The molecule has 1 heterocycles. The molecule has 0 bridgehead atoms. The number of β-lactam (4-membered cyclic amide) rings is 1. The normalized spacial score (nSPS) is 23.9. The van der Waals surface area contributed by atoms with Crippen molar-refractivity contribution in [3.8, 4) is 0 Å². The lowest BCUT2D eigenvalue weighted by Crippen LogP contribution is -2.80. The lowest BCUT2D eigenvalue weighted by molar-refractivity contribution is -0.212. The molecule has 1 aromatic carbocycles. The zero-order chi connectivity index (χ0) is 15.3. The molecule has 1 fully saturated rings. The van der Waals surface area contributed by atoms with Crippen LogP contribution in [0.4, 0.5) is 4.79 Å². The number of rotatable bonds is 6. The molecule has 0 spiro atoms. The second-order valence-corrected chi connectivity index (χ2v) is 4.44. The number of benzene rings is 1. The van der Waals surface area contributed by atoms with Crippen LogP contribution in [0.2, 0.25) is 0 Å². The molecule has 0 radical (unpaired) electrons. The van der Waals surface area contributed by atoms with Crippen LogP contribution in [-0.2, 0) is 25.6 Å². The zero-order valence-electron chi connectivity index (χ0n) is 11.9. The van der Waals surface area contributed by atoms with Gasteiger partial charge in [-0.15, -0.1) is 0 Å². The Hall–Kier alpha value is -2.12. The molecular weight excluding hydrogens is 276 g/mol. The maximum Gasteiger partial charge on any atom is 0.410 e. The Labute approximate surface area is 122 Å². The molecule has 1 saturated heterocycles. The van der Waals surface area contributed by atoms with E-state index in [2.05, 4.69) is 10.6 Å². The molecule has 7 nitrogen and oxygen atoms in total. The van der Waals surface area contributed by atoms with Crippen molar-refractivity contribution >= 4 is 12.0 Å². The Kier molecular flexibility index (Phi) is 4.77. The van der Waals surface area contributed by atoms with Gasteiger partial charge < -0.3 is 19.5 Å². The Morgan fingerprint density at radius 1 is 1.38 bits per heavy atom. The summed E-state index contributed by atoms with van der Waals surface area (Å²) in [5, 5.41) is 4.92. The predicted octanol–water partition coefficient (Wildman–Crippen LogP) is 0.748. The van der Waals surface area contributed by atoms with Crippen LogP contribution < -0.4 is 10.6 Å². The number of ether oxygens (including phenoxy) is 3. The van der Waals surface area contributed by atoms with Crippen molar-refractivity contribution < 1.29 is 23.8 Å². The summed E-state index contributed by atoms with van der Waals surface area (Å²) in [5.74, 6) is -0.472. The van der Waals surface area contributed by atoms with Gasteiger partial charge in [0.15, 0.2) is 6.23 Å². The van der Waals surface area contributed by atoms with Crippen LogP contribution in [0.1, 0.15) is 12.5 Å². The van der Waals surface area contributed by atoms with Gasteiger partial charge in [-0.3, -0.25) is 10.1 Å². The lowest BCUT2D eigenvalue weighted by Gasteiger charge is -2.45. The first-order valence-corrected chi connectivity index (χ1v) is 6.59. The van der Waals surface area contributed by atoms with Gasteiger partial charge in [0, 0.05) is 13.7 Å². The molecule has 0 unspecified atom stereocenters. The number of methoxy groups -OCH3 is 1. The van der Waals surface area contributed by atoms with Gasteiger partial charge in [0.1, 0.15) is 6.61 Å². The first-order chi connectivity index (χ1) is 10.1. The van der Waals surface area contributed by atoms with Crippen LogP contribution in [0.25, 0.3) is 0 Å². The van der Waals surface area contributed by atoms with Crippen molar-refractivity contribution in [3.05, 3.63) is 35.9 Å². The number of nitrogens with one attached hydrogen (secondary N) is 2. The van der Waals surface area contributed by atoms with Crippen molar-refractivity contribution in [2.75, 3.05) is 13.7 Å². The van der Waals surface area contributed by atoms with E-state index < -0.39 is 24.0 Å². The summed E-state index contributed by atoms with van der Waals surface area (Å²) < 4.78 is 15.5. The van der Waals surface area contributed by atoms with Gasteiger partial charge in [0.05, 0.1) is 0 Å². The van der Waals surface area contributed by atoms with E-state index in [1.807, 2.05) is 30.3 Å². The highest BCUT2D eigenvalue weighted by atomic mass is 16.6. The molecule has 114 valence electrons. The van der Waals surface area contributed by atoms with Crippen LogP contribution in [-0.4, -0.2) is 37.7 Å².